The number of hydrogen-bond donors (Lipinski definition) is 3. The lowest BCUT2D eigenvalue weighted by molar-refractivity contribution is 1.05. The number of hydrogen-bond acceptors (Lipinski definition) is 7. The van der Waals surface area contributed by atoms with E-state index in [9.17, 15) is 0 Å². The van der Waals surface area contributed by atoms with E-state index in [1.165, 1.54) is 11.3 Å². The van der Waals surface area contributed by atoms with E-state index in [1.54, 1.807) is 0 Å². The molecule has 0 spiro atoms. The molecule has 3 aromatic heterocycles. The number of thiophene rings is 1. The minimum Gasteiger partial charge on any atom is -0.331 e. The Labute approximate surface area is 222 Å². The fourth-order valence-electron chi connectivity index (χ4n) is 3.47. The van der Waals surface area contributed by atoms with Crippen molar-refractivity contribution < 1.29 is 0 Å². The van der Waals surface area contributed by atoms with Crippen LogP contribution in [0, 0.1) is 6.92 Å². The molecule has 3 N–H and O–H groups in total. The average Bonchev–Trinajstić information content (AvgIpc) is 3.32. The Morgan fingerprint density at radius 1 is 0.833 bits per heavy atom. The van der Waals surface area contributed by atoms with Crippen LogP contribution in [-0.2, 0) is 0 Å². The molecule has 7 nitrogen and oxygen atoms in total. The van der Waals surface area contributed by atoms with Gasteiger partial charge in [-0.15, -0.1) is 21.5 Å². The van der Waals surface area contributed by atoms with Gasteiger partial charge in [0, 0.05) is 11.3 Å². The molecule has 0 fully saturated rings. The van der Waals surface area contributed by atoms with Crippen LogP contribution in [0.15, 0.2) is 84.2 Å². The van der Waals surface area contributed by atoms with Gasteiger partial charge in [-0.1, -0.05) is 54.1 Å². The number of thiocarbonyl (C=S) groups is 1. The molecule has 0 amide bonds. The summed E-state index contributed by atoms with van der Waals surface area (Å²) in [5, 5.41) is 21.1. The van der Waals surface area contributed by atoms with Gasteiger partial charge < -0.3 is 16.0 Å². The molecule has 3 heterocycles. The van der Waals surface area contributed by atoms with Gasteiger partial charge in [0.05, 0.1) is 32.7 Å². The van der Waals surface area contributed by atoms with Gasteiger partial charge in [0.2, 0.25) is 5.95 Å². The van der Waals surface area contributed by atoms with E-state index in [4.69, 9.17) is 23.8 Å². The summed E-state index contributed by atoms with van der Waals surface area (Å²) in [4.78, 5) is 10.1. The van der Waals surface area contributed by atoms with Crippen LogP contribution in [0.2, 0.25) is 5.02 Å². The molecule has 0 saturated heterocycles. The van der Waals surface area contributed by atoms with E-state index in [-0.39, 0.29) is 0 Å². The van der Waals surface area contributed by atoms with Crippen molar-refractivity contribution in [3.8, 4) is 21.8 Å². The largest absolute Gasteiger partial charge is 0.331 e. The molecule has 0 aliphatic carbocycles. The lowest BCUT2D eigenvalue weighted by atomic mass is 10.1. The fourth-order valence-corrected chi connectivity index (χ4v) is 4.80. The first-order valence-corrected chi connectivity index (χ1v) is 12.6. The SMILES string of the molecule is Cc1cc(-c2sccc2Cl)nc(Nc2ccccc2NC(=S)Nc2ccc(-c3ccccc3)nn2)n1. The maximum Gasteiger partial charge on any atom is 0.228 e. The van der Waals surface area contributed by atoms with Crippen LogP contribution in [0.5, 0.6) is 0 Å². The van der Waals surface area contributed by atoms with Crippen molar-refractivity contribution >= 4 is 63.4 Å². The van der Waals surface area contributed by atoms with Crippen molar-refractivity contribution in [2.75, 3.05) is 16.0 Å². The number of benzene rings is 2. The van der Waals surface area contributed by atoms with Crippen molar-refractivity contribution in [2.45, 2.75) is 6.92 Å². The van der Waals surface area contributed by atoms with E-state index >= 15 is 0 Å². The molecule has 5 rings (SSSR count). The molecule has 36 heavy (non-hydrogen) atoms. The van der Waals surface area contributed by atoms with Gasteiger partial charge in [-0.2, -0.15) is 0 Å². The smallest absolute Gasteiger partial charge is 0.228 e. The first kappa shape index (κ1) is 23.8. The third-order valence-electron chi connectivity index (χ3n) is 5.10. The molecule has 0 radical (unpaired) electrons. The molecule has 0 aliphatic heterocycles. The highest BCUT2D eigenvalue weighted by Crippen LogP contribution is 2.33. The third-order valence-corrected chi connectivity index (χ3v) is 6.67. The molecule has 0 saturated carbocycles. The Bertz CT molecular complexity index is 1500. The van der Waals surface area contributed by atoms with Gasteiger partial charge in [0.15, 0.2) is 10.9 Å². The molecule has 0 atom stereocenters. The first-order chi connectivity index (χ1) is 17.5. The first-order valence-electron chi connectivity index (χ1n) is 11.0. The molecule has 0 bridgehead atoms. The second kappa shape index (κ2) is 10.8. The van der Waals surface area contributed by atoms with Crippen LogP contribution in [0.1, 0.15) is 5.69 Å². The molecule has 0 aliphatic rings. The van der Waals surface area contributed by atoms with Crippen molar-refractivity contribution in [3.63, 3.8) is 0 Å². The lowest BCUT2D eigenvalue weighted by Crippen LogP contribution is -2.20. The van der Waals surface area contributed by atoms with Crippen LogP contribution in [0.3, 0.4) is 0 Å². The minimum atomic E-state index is 0.377. The van der Waals surface area contributed by atoms with E-state index in [2.05, 4.69) is 36.1 Å². The number of halogens is 1. The molecular formula is C26H20ClN7S2. The van der Waals surface area contributed by atoms with Crippen LogP contribution < -0.4 is 16.0 Å². The summed E-state index contributed by atoms with van der Waals surface area (Å²) >= 11 is 13.4. The third kappa shape index (κ3) is 5.65. The number of rotatable bonds is 6. The zero-order valence-electron chi connectivity index (χ0n) is 19.1. The van der Waals surface area contributed by atoms with Crippen LogP contribution in [0.25, 0.3) is 21.8 Å². The zero-order chi connectivity index (χ0) is 24.9. The maximum atomic E-state index is 6.32. The van der Waals surface area contributed by atoms with Gasteiger partial charge in [0.25, 0.3) is 0 Å². The summed E-state index contributed by atoms with van der Waals surface area (Å²) in [5.74, 6) is 1.00. The number of nitrogens with one attached hydrogen (secondary N) is 3. The van der Waals surface area contributed by atoms with Crippen LogP contribution >= 0.6 is 35.2 Å². The van der Waals surface area contributed by atoms with Crippen LogP contribution in [0.4, 0.5) is 23.1 Å². The van der Waals surface area contributed by atoms with Gasteiger partial charge in [-0.3, -0.25) is 0 Å². The van der Waals surface area contributed by atoms with Crippen molar-refractivity contribution in [1.29, 1.82) is 0 Å². The number of nitrogens with zero attached hydrogens (tertiary/aromatic N) is 4. The number of aromatic nitrogens is 4. The predicted molar refractivity (Wildman–Crippen MR) is 152 cm³/mol. The Morgan fingerprint density at radius 3 is 2.33 bits per heavy atom. The summed E-state index contributed by atoms with van der Waals surface area (Å²) < 4.78 is 0. The van der Waals surface area contributed by atoms with Crippen LogP contribution in [-0.4, -0.2) is 25.3 Å². The Morgan fingerprint density at radius 2 is 1.61 bits per heavy atom. The van der Waals surface area contributed by atoms with E-state index in [0.29, 0.717) is 21.9 Å². The fraction of sp³-hybridized carbons (Fsp3) is 0.0385. The molecule has 2 aromatic carbocycles. The monoisotopic (exact) mass is 529 g/mol. The highest BCUT2D eigenvalue weighted by Gasteiger charge is 2.12. The lowest BCUT2D eigenvalue weighted by Gasteiger charge is -2.15. The second-order valence-electron chi connectivity index (χ2n) is 7.74. The molecule has 10 heteroatoms. The standard InChI is InChI=1S/C26H20ClN7S2/c1-16-15-22(24-18(27)13-14-36-24)30-25(28-16)29-20-9-5-6-10-21(20)31-26(35)32-23-12-11-19(33-34-23)17-7-3-2-4-8-17/h2-15H,1H3,(H,28,29,30)(H2,31,32,34,35). The minimum absolute atomic E-state index is 0.377. The van der Waals surface area contributed by atoms with Crippen molar-refractivity contribution in [2.24, 2.45) is 0 Å². The number of anilines is 4. The molecule has 178 valence electrons. The highest BCUT2D eigenvalue weighted by molar-refractivity contribution is 7.80. The average molecular weight is 530 g/mol. The number of para-hydroxylation sites is 2. The number of aryl methyl sites for hydroxylation is 1. The summed E-state index contributed by atoms with van der Waals surface area (Å²) in [6.07, 6.45) is 0. The predicted octanol–water partition coefficient (Wildman–Crippen LogP) is 7.18. The summed E-state index contributed by atoms with van der Waals surface area (Å²) in [7, 11) is 0. The zero-order valence-corrected chi connectivity index (χ0v) is 21.5. The molecule has 5 aromatic rings. The van der Waals surface area contributed by atoms with Crippen molar-refractivity contribution in [3.05, 3.63) is 95.0 Å². The summed E-state index contributed by atoms with van der Waals surface area (Å²) in [6, 6.07) is 25.1. The molecule has 0 unspecified atom stereocenters. The Hall–Kier alpha value is -3.92. The topological polar surface area (TPSA) is 87.7 Å². The second-order valence-corrected chi connectivity index (χ2v) is 9.47. The van der Waals surface area contributed by atoms with Crippen molar-refractivity contribution in [1.82, 2.24) is 20.2 Å². The van der Waals surface area contributed by atoms with Gasteiger partial charge >= 0.3 is 0 Å². The molecular weight excluding hydrogens is 510 g/mol. The van der Waals surface area contributed by atoms with Gasteiger partial charge in [0.1, 0.15) is 0 Å². The van der Waals surface area contributed by atoms with Gasteiger partial charge in [-0.05, 0) is 60.9 Å². The van der Waals surface area contributed by atoms with E-state index < -0.39 is 0 Å². The normalized spacial score (nSPS) is 10.6. The maximum absolute atomic E-state index is 6.32. The highest BCUT2D eigenvalue weighted by atomic mass is 35.5. The van der Waals surface area contributed by atoms with E-state index in [0.717, 1.165) is 38.9 Å². The van der Waals surface area contributed by atoms with E-state index in [1.807, 2.05) is 91.2 Å². The summed E-state index contributed by atoms with van der Waals surface area (Å²) in [6.45, 7) is 1.92. The Balaban J connectivity index is 1.30. The summed E-state index contributed by atoms with van der Waals surface area (Å²) in [5.41, 5.74) is 4.90. The van der Waals surface area contributed by atoms with Gasteiger partial charge in [-0.25, -0.2) is 9.97 Å². The quantitative estimate of drug-likeness (QED) is 0.199. The Kier molecular flexibility index (Phi) is 7.13.